The molecule has 7 nitrogen and oxygen atoms in total. The maximum absolute atomic E-state index is 12.8. The third kappa shape index (κ3) is 4.29. The predicted octanol–water partition coefficient (Wildman–Crippen LogP) is 0.918. The first-order chi connectivity index (χ1) is 12.2. The number of rotatable bonds is 7. The van der Waals surface area contributed by atoms with Crippen LogP contribution in [-0.2, 0) is 21.1 Å². The fourth-order valence-electron chi connectivity index (χ4n) is 3.36. The zero-order valence-corrected chi connectivity index (χ0v) is 16.6. The molecule has 1 unspecified atom stereocenters. The van der Waals surface area contributed by atoms with Crippen molar-refractivity contribution >= 4 is 15.7 Å². The Labute approximate surface area is 155 Å². The molecule has 1 aromatic carbocycles. The molecule has 1 amide bonds. The number of ether oxygens (including phenoxy) is 2. The van der Waals surface area contributed by atoms with Gasteiger partial charge in [0.25, 0.3) is 0 Å². The number of amides is 1. The Bertz CT molecular complexity index is 742. The van der Waals surface area contributed by atoms with E-state index in [4.69, 9.17) is 9.47 Å². The molecule has 1 aliphatic heterocycles. The minimum Gasteiger partial charge on any atom is -0.493 e. The van der Waals surface area contributed by atoms with E-state index < -0.39 is 20.5 Å². The maximum atomic E-state index is 12.8. The second-order valence-corrected chi connectivity index (χ2v) is 9.11. The summed E-state index contributed by atoms with van der Waals surface area (Å²) in [6.07, 6.45) is 2.29. The SMILES string of the molecule is COc1ccc(CC(C)NC(=O)C2(S(C)(=O)=O)CCNCC2)cc1OC. The van der Waals surface area contributed by atoms with E-state index in [1.54, 1.807) is 14.2 Å². The summed E-state index contributed by atoms with van der Waals surface area (Å²) in [6, 6.07) is 5.36. The van der Waals surface area contributed by atoms with E-state index in [1.807, 2.05) is 25.1 Å². The Morgan fingerprint density at radius 3 is 2.38 bits per heavy atom. The Hall–Kier alpha value is -1.80. The van der Waals surface area contributed by atoms with Gasteiger partial charge >= 0.3 is 0 Å². The standard InChI is InChI=1S/C18H28N2O5S/c1-13(11-14-5-6-15(24-2)16(12-14)25-3)20-17(21)18(26(4,22)23)7-9-19-10-8-18/h5-6,12-13,19H,7-11H2,1-4H3,(H,20,21). The van der Waals surface area contributed by atoms with Gasteiger partial charge in [-0.3, -0.25) is 4.79 Å². The molecule has 1 fully saturated rings. The molecule has 0 spiro atoms. The molecule has 0 radical (unpaired) electrons. The molecule has 26 heavy (non-hydrogen) atoms. The fraction of sp³-hybridized carbons (Fsp3) is 0.611. The van der Waals surface area contributed by atoms with Crippen molar-refractivity contribution in [2.24, 2.45) is 0 Å². The van der Waals surface area contributed by atoms with E-state index in [9.17, 15) is 13.2 Å². The molecule has 8 heteroatoms. The van der Waals surface area contributed by atoms with Crippen LogP contribution in [0.4, 0.5) is 0 Å². The molecule has 0 aromatic heterocycles. The lowest BCUT2D eigenvalue weighted by Crippen LogP contribution is -2.58. The van der Waals surface area contributed by atoms with E-state index in [-0.39, 0.29) is 6.04 Å². The fourth-order valence-corrected chi connectivity index (χ4v) is 4.71. The van der Waals surface area contributed by atoms with Gasteiger partial charge in [-0.2, -0.15) is 0 Å². The van der Waals surface area contributed by atoms with Crippen molar-refractivity contribution in [2.75, 3.05) is 33.6 Å². The van der Waals surface area contributed by atoms with E-state index in [0.717, 1.165) is 11.8 Å². The molecule has 1 heterocycles. The first-order valence-corrected chi connectivity index (χ1v) is 10.5. The normalized spacial score (nSPS) is 18.0. The summed E-state index contributed by atoms with van der Waals surface area (Å²) in [6.45, 7) is 2.90. The van der Waals surface area contributed by atoms with Gasteiger partial charge in [-0.05, 0) is 57.0 Å². The minimum absolute atomic E-state index is 0.214. The molecule has 1 atom stereocenters. The number of piperidine rings is 1. The number of nitrogens with one attached hydrogen (secondary N) is 2. The average Bonchev–Trinajstić information content (AvgIpc) is 2.61. The van der Waals surface area contributed by atoms with Crippen molar-refractivity contribution in [3.8, 4) is 11.5 Å². The van der Waals surface area contributed by atoms with Crippen molar-refractivity contribution in [2.45, 2.75) is 37.0 Å². The lowest BCUT2D eigenvalue weighted by atomic mass is 9.95. The van der Waals surface area contributed by atoms with Crippen LogP contribution in [0.3, 0.4) is 0 Å². The highest BCUT2D eigenvalue weighted by Crippen LogP contribution is 2.29. The van der Waals surface area contributed by atoms with Crippen LogP contribution >= 0.6 is 0 Å². The van der Waals surface area contributed by atoms with E-state index in [2.05, 4.69) is 10.6 Å². The number of hydrogen-bond donors (Lipinski definition) is 2. The van der Waals surface area contributed by atoms with Crippen molar-refractivity contribution in [1.82, 2.24) is 10.6 Å². The van der Waals surface area contributed by atoms with Crippen molar-refractivity contribution in [3.05, 3.63) is 23.8 Å². The number of hydrogen-bond acceptors (Lipinski definition) is 6. The third-order valence-electron chi connectivity index (χ3n) is 4.90. The third-order valence-corrected chi connectivity index (χ3v) is 6.92. The van der Waals surface area contributed by atoms with Gasteiger partial charge in [-0.25, -0.2) is 8.42 Å². The zero-order chi connectivity index (χ0) is 19.4. The Kier molecular flexibility index (Phi) is 6.52. The van der Waals surface area contributed by atoms with E-state index in [0.29, 0.717) is 43.9 Å². The van der Waals surface area contributed by atoms with Crippen LogP contribution in [-0.4, -0.2) is 58.7 Å². The summed E-state index contributed by atoms with van der Waals surface area (Å²) < 4.78 is 33.8. The summed E-state index contributed by atoms with van der Waals surface area (Å²) in [5.74, 6) is 0.850. The summed E-state index contributed by atoms with van der Waals surface area (Å²) in [7, 11) is -0.371. The molecule has 1 aliphatic rings. The Morgan fingerprint density at radius 1 is 1.23 bits per heavy atom. The highest BCUT2D eigenvalue weighted by atomic mass is 32.2. The summed E-state index contributed by atoms with van der Waals surface area (Å²) in [4.78, 5) is 12.8. The first kappa shape index (κ1) is 20.5. The molecule has 0 bridgehead atoms. The summed E-state index contributed by atoms with van der Waals surface area (Å²) >= 11 is 0. The van der Waals surface area contributed by atoms with Crippen LogP contribution in [0.2, 0.25) is 0 Å². The van der Waals surface area contributed by atoms with Gasteiger partial charge in [-0.1, -0.05) is 6.07 Å². The zero-order valence-electron chi connectivity index (χ0n) is 15.8. The van der Waals surface area contributed by atoms with E-state index in [1.165, 1.54) is 0 Å². The molecule has 0 saturated carbocycles. The quantitative estimate of drug-likeness (QED) is 0.726. The average molecular weight is 384 g/mol. The number of methoxy groups -OCH3 is 2. The Balaban J connectivity index is 2.11. The van der Waals surface area contributed by atoms with Crippen LogP contribution in [0.15, 0.2) is 18.2 Å². The molecular weight excluding hydrogens is 356 g/mol. The lowest BCUT2D eigenvalue weighted by molar-refractivity contribution is -0.124. The monoisotopic (exact) mass is 384 g/mol. The number of carbonyl (C=O) groups excluding carboxylic acids is 1. The highest BCUT2D eigenvalue weighted by molar-refractivity contribution is 7.92. The minimum atomic E-state index is -3.51. The summed E-state index contributed by atoms with van der Waals surface area (Å²) in [5, 5.41) is 6.01. The van der Waals surface area contributed by atoms with Gasteiger partial charge < -0.3 is 20.1 Å². The van der Waals surface area contributed by atoms with Gasteiger partial charge in [0.15, 0.2) is 26.1 Å². The lowest BCUT2D eigenvalue weighted by Gasteiger charge is -2.35. The van der Waals surface area contributed by atoms with Crippen molar-refractivity contribution in [3.63, 3.8) is 0 Å². The van der Waals surface area contributed by atoms with Crippen LogP contribution in [0.1, 0.15) is 25.3 Å². The number of carbonyl (C=O) groups is 1. The number of benzene rings is 1. The van der Waals surface area contributed by atoms with Gasteiger partial charge in [0, 0.05) is 12.3 Å². The highest BCUT2D eigenvalue weighted by Gasteiger charge is 2.48. The number of sulfone groups is 1. The maximum Gasteiger partial charge on any atom is 0.241 e. The van der Waals surface area contributed by atoms with Crippen LogP contribution < -0.4 is 20.1 Å². The van der Waals surface area contributed by atoms with Crippen LogP contribution in [0, 0.1) is 0 Å². The first-order valence-electron chi connectivity index (χ1n) is 8.65. The van der Waals surface area contributed by atoms with Gasteiger partial charge in [-0.15, -0.1) is 0 Å². The molecular formula is C18H28N2O5S. The second-order valence-electron chi connectivity index (χ2n) is 6.78. The molecule has 0 aliphatic carbocycles. The van der Waals surface area contributed by atoms with Gasteiger partial charge in [0.1, 0.15) is 0 Å². The van der Waals surface area contributed by atoms with Gasteiger partial charge in [0.05, 0.1) is 14.2 Å². The molecule has 1 aromatic rings. The largest absolute Gasteiger partial charge is 0.493 e. The van der Waals surface area contributed by atoms with E-state index >= 15 is 0 Å². The molecule has 2 N–H and O–H groups in total. The topological polar surface area (TPSA) is 93.7 Å². The van der Waals surface area contributed by atoms with Crippen molar-refractivity contribution in [1.29, 1.82) is 0 Å². The smallest absolute Gasteiger partial charge is 0.241 e. The molecule has 2 rings (SSSR count). The summed E-state index contributed by atoms with van der Waals surface area (Å²) in [5.41, 5.74) is 0.967. The molecule has 146 valence electrons. The Morgan fingerprint density at radius 2 is 1.85 bits per heavy atom. The van der Waals surface area contributed by atoms with Crippen molar-refractivity contribution < 1.29 is 22.7 Å². The second kappa shape index (κ2) is 8.26. The molecule has 1 saturated heterocycles. The van der Waals surface area contributed by atoms with Gasteiger partial charge in [0.2, 0.25) is 5.91 Å². The predicted molar refractivity (Wildman–Crippen MR) is 101 cm³/mol. The van der Waals surface area contributed by atoms with Crippen LogP contribution in [0.5, 0.6) is 11.5 Å². The van der Waals surface area contributed by atoms with Crippen LogP contribution in [0.25, 0.3) is 0 Å².